The van der Waals surface area contributed by atoms with Crippen LogP contribution in [-0.4, -0.2) is 56.3 Å². The van der Waals surface area contributed by atoms with Crippen LogP contribution in [0, 0.1) is 11.6 Å². The molecular weight excluding hydrogens is 442 g/mol. The molecule has 8 nitrogen and oxygen atoms in total. The van der Waals surface area contributed by atoms with E-state index in [1.807, 2.05) is 13.2 Å². The third kappa shape index (κ3) is 4.44. The van der Waals surface area contributed by atoms with E-state index < -0.39 is 11.6 Å². The number of benzene rings is 1. The van der Waals surface area contributed by atoms with Gasteiger partial charge in [-0.3, -0.25) is 9.48 Å². The number of nitrogens with zero attached hydrogens (tertiary/aromatic N) is 6. The van der Waals surface area contributed by atoms with E-state index in [1.54, 1.807) is 22.7 Å². The lowest BCUT2D eigenvalue weighted by atomic mass is 10.1. The zero-order valence-corrected chi connectivity index (χ0v) is 19.2. The first kappa shape index (κ1) is 22.2. The minimum atomic E-state index is -0.693. The molecule has 1 saturated heterocycles. The van der Waals surface area contributed by atoms with Gasteiger partial charge in [-0.15, -0.1) is 0 Å². The van der Waals surface area contributed by atoms with Crippen LogP contribution in [0.3, 0.4) is 0 Å². The van der Waals surface area contributed by atoms with Crippen molar-refractivity contribution in [1.82, 2.24) is 24.6 Å². The fraction of sp³-hybridized carbons (Fsp3) is 0.417. The van der Waals surface area contributed by atoms with Crippen molar-refractivity contribution < 1.29 is 18.3 Å². The monoisotopic (exact) mass is 468 g/mol. The summed E-state index contributed by atoms with van der Waals surface area (Å²) in [7, 11) is 1.85. The second-order valence-corrected chi connectivity index (χ2v) is 8.76. The van der Waals surface area contributed by atoms with Gasteiger partial charge in [0.1, 0.15) is 17.6 Å². The number of carbonyl (C=O) groups is 1. The van der Waals surface area contributed by atoms with Crippen molar-refractivity contribution in [2.24, 2.45) is 7.05 Å². The topological polar surface area (TPSA) is 76.4 Å². The smallest absolute Gasteiger partial charge is 0.219 e. The van der Waals surface area contributed by atoms with E-state index in [2.05, 4.69) is 10.00 Å². The summed E-state index contributed by atoms with van der Waals surface area (Å²) < 4.78 is 34.7. The summed E-state index contributed by atoms with van der Waals surface area (Å²) in [6, 6.07) is 3.36. The molecule has 0 saturated carbocycles. The van der Waals surface area contributed by atoms with Crippen LogP contribution >= 0.6 is 0 Å². The quantitative estimate of drug-likeness (QED) is 0.586. The Balaban J connectivity index is 1.38. The normalized spacial score (nSPS) is 16.5. The second kappa shape index (κ2) is 9.00. The number of hydrogen-bond donors (Lipinski definition) is 0. The summed E-state index contributed by atoms with van der Waals surface area (Å²) in [5.74, 6) is -0.436. The number of amides is 1. The van der Waals surface area contributed by atoms with Gasteiger partial charge in [0.2, 0.25) is 5.91 Å². The molecule has 0 bridgehead atoms. The first-order valence-electron chi connectivity index (χ1n) is 11.4. The Kier molecular flexibility index (Phi) is 5.89. The Hall–Kier alpha value is -3.56. The Morgan fingerprint density at radius 2 is 1.91 bits per heavy atom. The largest absolute Gasteiger partial charge is 0.487 e. The van der Waals surface area contributed by atoms with Gasteiger partial charge < -0.3 is 14.5 Å². The van der Waals surface area contributed by atoms with Crippen LogP contribution in [-0.2, 0) is 24.8 Å². The van der Waals surface area contributed by atoms with Gasteiger partial charge in [-0.2, -0.15) is 5.10 Å². The Morgan fingerprint density at radius 3 is 2.59 bits per heavy atom. The van der Waals surface area contributed by atoms with Crippen molar-refractivity contribution in [3.05, 3.63) is 53.6 Å². The van der Waals surface area contributed by atoms with Gasteiger partial charge in [0.15, 0.2) is 17.4 Å². The van der Waals surface area contributed by atoms with Crippen molar-refractivity contribution in [3.8, 4) is 17.0 Å². The first-order chi connectivity index (χ1) is 16.4. The molecule has 0 aliphatic carbocycles. The Morgan fingerprint density at radius 1 is 1.12 bits per heavy atom. The van der Waals surface area contributed by atoms with E-state index in [4.69, 9.17) is 14.7 Å². The maximum Gasteiger partial charge on any atom is 0.219 e. The molecule has 0 unspecified atom stereocenters. The molecule has 2 aromatic heterocycles. The number of piperidine rings is 1. The van der Waals surface area contributed by atoms with E-state index in [1.165, 1.54) is 12.1 Å². The number of fused-ring (bicyclic) bond motifs is 1. The predicted molar refractivity (Wildman–Crippen MR) is 121 cm³/mol. The lowest BCUT2D eigenvalue weighted by Gasteiger charge is -2.35. The van der Waals surface area contributed by atoms with Gasteiger partial charge in [0.05, 0.1) is 24.1 Å². The van der Waals surface area contributed by atoms with E-state index in [0.717, 1.165) is 34.5 Å². The van der Waals surface area contributed by atoms with Crippen molar-refractivity contribution in [1.29, 1.82) is 0 Å². The molecule has 178 valence electrons. The van der Waals surface area contributed by atoms with E-state index in [-0.39, 0.29) is 17.8 Å². The van der Waals surface area contributed by atoms with Crippen LogP contribution in [0.2, 0.25) is 0 Å². The van der Waals surface area contributed by atoms with E-state index >= 15 is 0 Å². The highest BCUT2D eigenvalue weighted by molar-refractivity contribution is 5.74. The average Bonchev–Trinajstić information content (AvgIpc) is 3.26. The SMILES string of the molecule is CC(=O)N1CCc2nc(N3CCC(Oc4ccc(F)cc4F)CC3)c(-c3cnn(C)c3)nc2C1. The molecule has 5 rings (SSSR count). The second-order valence-electron chi connectivity index (χ2n) is 8.76. The fourth-order valence-electron chi connectivity index (χ4n) is 4.48. The van der Waals surface area contributed by atoms with E-state index in [9.17, 15) is 13.6 Å². The van der Waals surface area contributed by atoms with Gasteiger partial charge in [-0.05, 0) is 12.1 Å². The molecule has 2 aliphatic rings. The third-order valence-corrected chi connectivity index (χ3v) is 6.34. The highest BCUT2D eigenvalue weighted by Crippen LogP contribution is 2.33. The standard InChI is InChI=1S/C24H26F2N6O2/c1-15(33)32-10-7-20-21(14-32)28-23(16-12-27-30(2)13-16)24(29-20)31-8-5-18(6-9-31)34-22-4-3-17(25)11-19(22)26/h3-4,11-13,18H,5-10,14H2,1-2H3. The summed E-state index contributed by atoms with van der Waals surface area (Å²) >= 11 is 0. The number of carbonyl (C=O) groups excluding carboxylic acids is 1. The molecule has 0 radical (unpaired) electrons. The molecule has 34 heavy (non-hydrogen) atoms. The lowest BCUT2D eigenvalue weighted by molar-refractivity contribution is -0.129. The zero-order chi connectivity index (χ0) is 23.8. The molecule has 10 heteroatoms. The van der Waals surface area contributed by atoms with Crippen molar-refractivity contribution >= 4 is 11.7 Å². The molecule has 3 aromatic rings. The summed E-state index contributed by atoms with van der Waals surface area (Å²) in [6.07, 6.45) is 5.48. The van der Waals surface area contributed by atoms with Crippen LogP contribution < -0.4 is 9.64 Å². The molecule has 1 fully saturated rings. The molecule has 4 heterocycles. The van der Waals surface area contributed by atoms with Gasteiger partial charge in [-0.1, -0.05) is 0 Å². The molecule has 0 N–H and O–H groups in total. The molecular formula is C24H26F2N6O2. The molecule has 2 aliphatic heterocycles. The zero-order valence-electron chi connectivity index (χ0n) is 19.2. The van der Waals surface area contributed by atoms with Crippen molar-refractivity contribution in [2.45, 2.75) is 38.8 Å². The molecule has 0 spiro atoms. The van der Waals surface area contributed by atoms with Gasteiger partial charge >= 0.3 is 0 Å². The van der Waals surface area contributed by atoms with Crippen LogP contribution in [0.15, 0.2) is 30.6 Å². The summed E-state index contributed by atoms with van der Waals surface area (Å²) in [5, 5.41) is 4.29. The predicted octanol–water partition coefficient (Wildman–Crippen LogP) is 3.11. The van der Waals surface area contributed by atoms with E-state index in [0.29, 0.717) is 45.4 Å². The average molecular weight is 469 g/mol. The minimum absolute atomic E-state index is 0.0270. The number of aryl methyl sites for hydroxylation is 1. The summed E-state index contributed by atoms with van der Waals surface area (Å²) in [6.45, 7) is 3.96. The van der Waals surface area contributed by atoms with Crippen LogP contribution in [0.4, 0.5) is 14.6 Å². The van der Waals surface area contributed by atoms with Gasteiger partial charge in [0, 0.05) is 70.7 Å². The molecule has 1 aromatic carbocycles. The van der Waals surface area contributed by atoms with Crippen molar-refractivity contribution in [3.63, 3.8) is 0 Å². The Bertz CT molecular complexity index is 1220. The van der Waals surface area contributed by atoms with Crippen LogP contribution in [0.5, 0.6) is 5.75 Å². The number of hydrogen-bond acceptors (Lipinski definition) is 6. The van der Waals surface area contributed by atoms with Gasteiger partial charge in [0.25, 0.3) is 0 Å². The first-order valence-corrected chi connectivity index (χ1v) is 11.4. The van der Waals surface area contributed by atoms with Crippen LogP contribution in [0.1, 0.15) is 31.2 Å². The number of anilines is 1. The number of aromatic nitrogens is 4. The Labute approximate surface area is 196 Å². The van der Waals surface area contributed by atoms with Crippen LogP contribution in [0.25, 0.3) is 11.3 Å². The number of ether oxygens (including phenoxy) is 1. The number of halogens is 2. The highest BCUT2D eigenvalue weighted by atomic mass is 19.1. The molecule has 0 atom stereocenters. The third-order valence-electron chi connectivity index (χ3n) is 6.34. The highest BCUT2D eigenvalue weighted by Gasteiger charge is 2.29. The summed E-state index contributed by atoms with van der Waals surface area (Å²) in [5.41, 5.74) is 3.32. The van der Waals surface area contributed by atoms with Crippen molar-refractivity contribution in [2.75, 3.05) is 24.5 Å². The van der Waals surface area contributed by atoms with Gasteiger partial charge in [-0.25, -0.2) is 18.7 Å². The fourth-order valence-corrected chi connectivity index (χ4v) is 4.48. The molecule has 1 amide bonds. The maximum absolute atomic E-state index is 14.0. The summed E-state index contributed by atoms with van der Waals surface area (Å²) in [4.78, 5) is 25.8. The minimum Gasteiger partial charge on any atom is -0.487 e. The maximum atomic E-state index is 14.0. The number of rotatable bonds is 4. The lowest BCUT2D eigenvalue weighted by Crippen LogP contribution is -2.40.